The molecule has 1 aromatic heterocycles. The maximum absolute atomic E-state index is 15.7. The van der Waals surface area contributed by atoms with Crippen LogP contribution in [-0.2, 0) is 19.6 Å². The zero-order valence-corrected chi connectivity index (χ0v) is 39.6. The van der Waals surface area contributed by atoms with Crippen molar-refractivity contribution < 1.29 is 36.7 Å². The van der Waals surface area contributed by atoms with Crippen LogP contribution in [0.1, 0.15) is 86.6 Å². The lowest BCUT2D eigenvalue weighted by atomic mass is 9.94. The van der Waals surface area contributed by atoms with E-state index in [4.69, 9.17) is 4.74 Å². The van der Waals surface area contributed by atoms with Crippen molar-refractivity contribution in [2.24, 2.45) is 5.92 Å². The van der Waals surface area contributed by atoms with Gasteiger partial charge in [-0.25, -0.2) is 22.5 Å². The lowest BCUT2D eigenvalue weighted by molar-refractivity contribution is -0.136. The van der Waals surface area contributed by atoms with E-state index in [0.717, 1.165) is 67.0 Å². The predicted molar refractivity (Wildman–Crippen MR) is 252 cm³/mol. The van der Waals surface area contributed by atoms with Gasteiger partial charge in [0.25, 0.3) is 11.8 Å². The molecule has 67 heavy (non-hydrogen) atoms. The fraction of sp³-hybridized carbons (Fsp3) is 0.458. The van der Waals surface area contributed by atoms with Gasteiger partial charge >= 0.3 is 0 Å². The van der Waals surface area contributed by atoms with Crippen LogP contribution in [0, 0.1) is 18.7 Å². The molecule has 3 aromatic carbocycles. The van der Waals surface area contributed by atoms with Crippen molar-refractivity contribution in [3.8, 4) is 5.75 Å². The number of halogens is 1. The maximum Gasteiger partial charge on any atom is 0.262 e. The number of amides is 4. The Morgan fingerprint density at radius 1 is 0.881 bits per heavy atom. The number of carbonyl (C=O) groups is 4. The van der Waals surface area contributed by atoms with Gasteiger partial charge in [-0.1, -0.05) is 6.07 Å². The molecule has 19 heteroatoms. The smallest absolute Gasteiger partial charge is 0.262 e. The standard InChI is InChI=1S/C48H59FN10O7S/c1-29-25-50-47(54-43(29)51-34-8-7-9-36(22-34)67(64,65)55-48(4,5)6)52-33-10-12-35(13-11-33)66-21-20-56-18-16-32(17-19-56)28-58-30(2)26-57(27-31(58)3)41-24-38-37(23-39(41)49)45(62)59(46(38)63)40-14-15-42(60)53-44(40)61/h7-13,22-25,30-32,40,55H,14-21,26-28H2,1-6H3,(H,53,60,61)(H2,50,51,52,54). The third-order valence-corrected chi connectivity index (χ3v) is 14.5. The average molecular weight is 939 g/mol. The van der Waals surface area contributed by atoms with Crippen LogP contribution in [0.2, 0.25) is 0 Å². The summed E-state index contributed by atoms with van der Waals surface area (Å²) < 4.78 is 50.3. The molecule has 5 heterocycles. The molecule has 4 aliphatic heterocycles. The van der Waals surface area contributed by atoms with E-state index in [1.54, 1.807) is 51.2 Å². The Balaban J connectivity index is 0.775. The van der Waals surface area contributed by atoms with Crippen LogP contribution in [0.5, 0.6) is 5.75 Å². The highest BCUT2D eigenvalue weighted by molar-refractivity contribution is 7.89. The quantitative estimate of drug-likeness (QED) is 0.114. The highest BCUT2D eigenvalue weighted by Crippen LogP contribution is 2.35. The number of hydrogen-bond donors (Lipinski definition) is 4. The number of imide groups is 2. The van der Waals surface area contributed by atoms with E-state index in [1.807, 2.05) is 36.1 Å². The van der Waals surface area contributed by atoms with Crippen LogP contribution >= 0.6 is 0 Å². The lowest BCUT2D eigenvalue weighted by Crippen LogP contribution is -2.58. The molecule has 8 rings (SSSR count). The molecule has 0 bridgehead atoms. The van der Waals surface area contributed by atoms with Crippen LogP contribution in [0.4, 0.5) is 33.2 Å². The SMILES string of the molecule is Cc1cnc(Nc2ccc(OCCN3CCC(CN4C(C)CN(c5cc6c(cc5F)C(=O)N(C5CCC(=O)NC5=O)C6=O)CC4C)CC3)cc2)nc1Nc1cccc(S(=O)(=O)NC(C)(C)C)c1. The Hall–Kier alpha value is -6.02. The van der Waals surface area contributed by atoms with E-state index in [2.05, 4.69) is 54.3 Å². The van der Waals surface area contributed by atoms with E-state index >= 15 is 4.39 Å². The number of likely N-dealkylation sites (tertiary alicyclic amines) is 1. The summed E-state index contributed by atoms with van der Waals surface area (Å²) in [5, 5.41) is 8.66. The van der Waals surface area contributed by atoms with Gasteiger partial charge < -0.3 is 20.3 Å². The lowest BCUT2D eigenvalue weighted by Gasteiger charge is -2.47. The van der Waals surface area contributed by atoms with E-state index in [9.17, 15) is 27.6 Å². The van der Waals surface area contributed by atoms with Gasteiger partial charge in [-0.05, 0) is 134 Å². The molecule has 3 fully saturated rings. The zero-order chi connectivity index (χ0) is 47.8. The molecule has 4 N–H and O–H groups in total. The summed E-state index contributed by atoms with van der Waals surface area (Å²) in [7, 11) is -3.71. The number of anilines is 5. The monoisotopic (exact) mass is 938 g/mol. The Labute approximate surface area is 390 Å². The number of nitrogens with zero attached hydrogens (tertiary/aromatic N) is 6. The van der Waals surface area contributed by atoms with Gasteiger partial charge in [0.1, 0.15) is 30.0 Å². The van der Waals surface area contributed by atoms with E-state index in [0.29, 0.717) is 43.1 Å². The maximum atomic E-state index is 15.7. The fourth-order valence-corrected chi connectivity index (χ4v) is 10.8. The van der Waals surface area contributed by atoms with Crippen molar-refractivity contribution in [3.63, 3.8) is 0 Å². The summed E-state index contributed by atoms with van der Waals surface area (Å²) >= 11 is 0. The molecular weight excluding hydrogens is 880 g/mol. The molecule has 17 nitrogen and oxygen atoms in total. The number of nitrogens with one attached hydrogen (secondary N) is 4. The molecule has 4 aromatic rings. The van der Waals surface area contributed by atoms with Crippen molar-refractivity contribution in [2.75, 3.05) is 61.4 Å². The van der Waals surface area contributed by atoms with E-state index < -0.39 is 51.0 Å². The van der Waals surface area contributed by atoms with Gasteiger partial charge in [-0.3, -0.25) is 39.2 Å². The molecule has 4 amide bonds. The summed E-state index contributed by atoms with van der Waals surface area (Å²) in [6.07, 6.45) is 3.86. The molecule has 3 saturated heterocycles. The van der Waals surface area contributed by atoms with E-state index in [1.165, 1.54) is 6.07 Å². The molecule has 3 unspecified atom stereocenters. The number of benzene rings is 3. The van der Waals surface area contributed by atoms with Gasteiger partial charge in [-0.2, -0.15) is 4.98 Å². The van der Waals surface area contributed by atoms with Gasteiger partial charge in [0.05, 0.1) is 21.7 Å². The van der Waals surface area contributed by atoms with Crippen LogP contribution in [0.3, 0.4) is 0 Å². The van der Waals surface area contributed by atoms with Crippen LogP contribution < -0.4 is 30.3 Å². The Morgan fingerprint density at radius 3 is 2.24 bits per heavy atom. The van der Waals surface area contributed by atoms with Gasteiger partial charge in [0, 0.05) is 73.4 Å². The second-order valence-corrected chi connectivity index (χ2v) is 20.8. The first-order valence-electron chi connectivity index (χ1n) is 22.8. The van der Waals surface area contributed by atoms with Gasteiger partial charge in [0.2, 0.25) is 27.8 Å². The minimum Gasteiger partial charge on any atom is -0.492 e. The van der Waals surface area contributed by atoms with Crippen molar-refractivity contribution >= 4 is 62.5 Å². The van der Waals surface area contributed by atoms with Gasteiger partial charge in [-0.15, -0.1) is 0 Å². The predicted octanol–water partition coefficient (Wildman–Crippen LogP) is 5.58. The fourth-order valence-electron chi connectivity index (χ4n) is 9.35. The molecule has 3 atom stereocenters. The Morgan fingerprint density at radius 2 is 1.57 bits per heavy atom. The minimum absolute atomic E-state index is 0.0127. The number of hydrogen-bond acceptors (Lipinski definition) is 14. The number of fused-ring (bicyclic) bond motifs is 1. The largest absolute Gasteiger partial charge is 0.492 e. The molecule has 0 saturated carbocycles. The zero-order valence-electron chi connectivity index (χ0n) is 38.8. The van der Waals surface area contributed by atoms with Crippen LogP contribution in [0.15, 0.2) is 71.8 Å². The summed E-state index contributed by atoms with van der Waals surface area (Å²) in [6, 6.07) is 15.9. The number of ether oxygens (including phenoxy) is 1. The van der Waals surface area contributed by atoms with Gasteiger partial charge in [0.15, 0.2) is 0 Å². The second-order valence-electron chi connectivity index (χ2n) is 19.1. The van der Waals surface area contributed by atoms with Crippen molar-refractivity contribution in [1.82, 2.24) is 34.7 Å². The topological polar surface area (TPSA) is 199 Å². The summed E-state index contributed by atoms with van der Waals surface area (Å²) in [6.45, 7) is 16.8. The van der Waals surface area contributed by atoms with Crippen molar-refractivity contribution in [2.45, 2.75) is 95.8 Å². The van der Waals surface area contributed by atoms with Crippen LogP contribution in [0.25, 0.3) is 0 Å². The second kappa shape index (κ2) is 19.3. The molecule has 0 spiro atoms. The van der Waals surface area contributed by atoms with E-state index in [-0.39, 0.29) is 46.6 Å². The number of aromatic nitrogens is 2. The third-order valence-electron chi connectivity index (χ3n) is 12.7. The number of piperidine rings is 2. The first-order chi connectivity index (χ1) is 31.8. The minimum atomic E-state index is -3.71. The molecule has 0 radical (unpaired) electrons. The number of rotatable bonds is 14. The number of carbonyl (C=O) groups excluding carboxylic acids is 4. The third kappa shape index (κ3) is 10.9. The van der Waals surface area contributed by atoms with Crippen molar-refractivity contribution in [3.05, 3.63) is 89.4 Å². The number of sulfonamides is 1. The Bertz CT molecular complexity index is 2640. The highest BCUT2D eigenvalue weighted by atomic mass is 32.2. The average Bonchev–Trinajstić information content (AvgIpc) is 3.50. The normalized spacial score (nSPS) is 21.1. The number of piperazine rings is 1. The molecule has 0 aliphatic carbocycles. The van der Waals surface area contributed by atoms with Crippen molar-refractivity contribution in [1.29, 1.82) is 0 Å². The summed E-state index contributed by atoms with van der Waals surface area (Å²) in [5.74, 6) is -0.935. The summed E-state index contributed by atoms with van der Waals surface area (Å²) in [5.41, 5.74) is 1.79. The highest BCUT2D eigenvalue weighted by Gasteiger charge is 2.46. The Kier molecular flexibility index (Phi) is 13.7. The first-order valence-corrected chi connectivity index (χ1v) is 24.3. The molecule has 4 aliphatic rings. The summed E-state index contributed by atoms with van der Waals surface area (Å²) in [4.78, 5) is 67.8. The molecular formula is C48H59FN10O7S. The van der Waals surface area contributed by atoms with Crippen LogP contribution in [-0.4, -0.2) is 126 Å². The molecule has 356 valence electrons. The first kappa shape index (κ1) is 47.5. The number of aryl methyl sites for hydroxylation is 1.